The van der Waals surface area contributed by atoms with E-state index >= 15 is 0 Å². The van der Waals surface area contributed by atoms with E-state index in [1.807, 2.05) is 0 Å². The number of pyridine rings is 3. The molecule has 0 amide bonds. The number of fused-ring (bicyclic) bond motifs is 3. The van der Waals surface area contributed by atoms with Crippen LogP contribution < -0.4 is 15.3 Å². The molecule has 40 heavy (non-hydrogen) atoms. The fraction of sp³-hybridized carbons (Fsp3) is 0.100. The van der Waals surface area contributed by atoms with Crippen LogP contribution in [0.1, 0.15) is 16.7 Å². The third kappa shape index (κ3) is 6.64. The predicted octanol–water partition coefficient (Wildman–Crippen LogP) is 2.02. The molecule has 0 spiro atoms. The van der Waals surface area contributed by atoms with E-state index in [1.54, 1.807) is 73.2 Å². The molecular weight excluding hydrogens is 525 g/mol. The van der Waals surface area contributed by atoms with Crippen LogP contribution in [0.15, 0.2) is 91.4 Å². The molecule has 0 fully saturated rings. The molecule has 0 aliphatic carbocycles. The Balaban J connectivity index is 0.000000163. The number of aliphatic hydroxyl groups is 3. The maximum Gasteiger partial charge on any atom is 3.00 e. The first-order valence-electron chi connectivity index (χ1n) is 11.9. The van der Waals surface area contributed by atoms with Crippen LogP contribution in [0.4, 0.5) is 0 Å². The Morgan fingerprint density at radius 3 is 0.975 bits per heavy atom. The van der Waals surface area contributed by atoms with Crippen molar-refractivity contribution in [2.45, 2.75) is 19.8 Å². The summed E-state index contributed by atoms with van der Waals surface area (Å²) in [6.07, 6.45) is 4.72. The molecule has 0 aliphatic heterocycles. The summed E-state index contributed by atoms with van der Waals surface area (Å²) in [5, 5.41) is 63.1. The minimum atomic E-state index is -0.104. The minimum Gasteiger partial charge on any atom is -0.871 e. The van der Waals surface area contributed by atoms with Crippen molar-refractivity contribution in [2.75, 3.05) is 0 Å². The van der Waals surface area contributed by atoms with Gasteiger partial charge in [-0.2, -0.15) is 0 Å². The van der Waals surface area contributed by atoms with Gasteiger partial charge in [-0.1, -0.05) is 71.8 Å². The topological polar surface area (TPSA) is 169 Å². The zero-order chi connectivity index (χ0) is 27.8. The number of aromatic nitrogens is 3. The molecule has 0 unspecified atom stereocenters. The van der Waals surface area contributed by atoms with Crippen LogP contribution in [0.5, 0.6) is 17.2 Å². The second-order valence-corrected chi connectivity index (χ2v) is 8.34. The molecule has 6 rings (SSSR count). The largest absolute Gasteiger partial charge is 3.00 e. The molecule has 9 nitrogen and oxygen atoms in total. The van der Waals surface area contributed by atoms with E-state index in [0.29, 0.717) is 16.6 Å². The molecule has 0 atom stereocenters. The molecule has 0 saturated heterocycles. The number of nitrogens with zero attached hydrogens (tertiary/aromatic N) is 3. The van der Waals surface area contributed by atoms with Gasteiger partial charge in [0.1, 0.15) is 0 Å². The van der Waals surface area contributed by atoms with E-state index in [2.05, 4.69) is 15.0 Å². The molecule has 0 aliphatic rings. The molecule has 3 aromatic carbocycles. The fourth-order valence-electron chi connectivity index (χ4n) is 4.03. The molecular formula is C30H24AlN3O6. The quantitative estimate of drug-likeness (QED) is 0.280. The second kappa shape index (κ2) is 14.2. The number of aliphatic hydroxyl groups excluding tert-OH is 3. The summed E-state index contributed by atoms with van der Waals surface area (Å²) in [5.74, 6) is -0.312. The van der Waals surface area contributed by atoms with Crippen molar-refractivity contribution in [3.8, 4) is 17.2 Å². The third-order valence-electron chi connectivity index (χ3n) is 5.98. The van der Waals surface area contributed by atoms with Gasteiger partial charge in [-0.3, -0.25) is 15.0 Å². The number of rotatable bonds is 3. The second-order valence-electron chi connectivity index (χ2n) is 8.34. The first kappa shape index (κ1) is 30.2. The fourth-order valence-corrected chi connectivity index (χ4v) is 4.03. The van der Waals surface area contributed by atoms with Gasteiger partial charge in [0.05, 0.1) is 36.4 Å². The van der Waals surface area contributed by atoms with Crippen LogP contribution in [-0.2, 0) is 19.8 Å². The average Bonchev–Trinajstić information content (AvgIpc) is 2.99. The van der Waals surface area contributed by atoms with Crippen molar-refractivity contribution in [1.29, 1.82) is 0 Å². The van der Waals surface area contributed by atoms with Crippen molar-refractivity contribution < 1.29 is 30.6 Å². The van der Waals surface area contributed by atoms with Gasteiger partial charge in [-0.25, -0.2) is 0 Å². The van der Waals surface area contributed by atoms with Gasteiger partial charge in [0, 0.05) is 34.7 Å². The summed E-state index contributed by atoms with van der Waals surface area (Å²) in [6, 6.07) is 19.8. The van der Waals surface area contributed by atoms with Crippen molar-refractivity contribution >= 4 is 50.1 Å². The maximum atomic E-state index is 11.3. The molecule has 198 valence electrons. The molecule has 10 heteroatoms. The van der Waals surface area contributed by atoms with E-state index in [0.717, 1.165) is 32.8 Å². The Morgan fingerprint density at radius 2 is 0.725 bits per heavy atom. The third-order valence-corrected chi connectivity index (χ3v) is 5.98. The standard InChI is InChI=1S/3C10H9NO2.Al/c3*12-6-7-3-4-9(13)10-8(7)2-1-5-11-10;/h3*1-5,12-13H,6H2;/q;;;+3/p-3. The van der Waals surface area contributed by atoms with Crippen molar-refractivity contribution in [2.24, 2.45) is 0 Å². The molecule has 0 saturated carbocycles. The van der Waals surface area contributed by atoms with E-state index in [1.165, 1.54) is 18.2 Å². The number of benzene rings is 3. The Morgan fingerprint density at radius 1 is 0.450 bits per heavy atom. The Labute approximate surface area is 240 Å². The van der Waals surface area contributed by atoms with E-state index in [9.17, 15) is 15.3 Å². The first-order chi connectivity index (χ1) is 19.0. The van der Waals surface area contributed by atoms with Gasteiger partial charge in [0.25, 0.3) is 0 Å². The van der Waals surface area contributed by atoms with Crippen molar-refractivity contribution in [3.63, 3.8) is 0 Å². The molecule has 0 radical (unpaired) electrons. The van der Waals surface area contributed by atoms with Gasteiger partial charge < -0.3 is 30.6 Å². The number of hydrogen-bond acceptors (Lipinski definition) is 9. The average molecular weight is 550 g/mol. The van der Waals surface area contributed by atoms with E-state index in [-0.39, 0.29) is 54.4 Å². The van der Waals surface area contributed by atoms with Crippen molar-refractivity contribution in [1.82, 2.24) is 15.0 Å². The molecule has 3 N–H and O–H groups in total. The Bertz CT molecular complexity index is 1530. The summed E-state index contributed by atoms with van der Waals surface area (Å²) in [6.45, 7) is -0.201. The summed E-state index contributed by atoms with van der Waals surface area (Å²) in [5.41, 5.74) is 3.49. The molecule has 3 heterocycles. The van der Waals surface area contributed by atoms with Gasteiger partial charge in [0.2, 0.25) is 0 Å². The molecule has 0 bridgehead atoms. The summed E-state index contributed by atoms with van der Waals surface area (Å²) in [4.78, 5) is 11.9. The molecule has 6 aromatic rings. The summed E-state index contributed by atoms with van der Waals surface area (Å²) in [7, 11) is 0. The van der Waals surface area contributed by atoms with Crippen LogP contribution >= 0.6 is 0 Å². The van der Waals surface area contributed by atoms with Crippen LogP contribution in [0.3, 0.4) is 0 Å². The monoisotopic (exact) mass is 549 g/mol. The summed E-state index contributed by atoms with van der Waals surface area (Å²) < 4.78 is 0. The zero-order valence-corrected chi connectivity index (χ0v) is 22.4. The normalized spacial score (nSPS) is 10.3. The van der Waals surface area contributed by atoms with Crippen LogP contribution in [-0.4, -0.2) is 47.6 Å². The minimum absolute atomic E-state index is 0. The maximum absolute atomic E-state index is 11.3. The van der Waals surface area contributed by atoms with Crippen LogP contribution in [0, 0.1) is 0 Å². The van der Waals surface area contributed by atoms with E-state index in [4.69, 9.17) is 15.3 Å². The summed E-state index contributed by atoms with van der Waals surface area (Å²) >= 11 is 0. The first-order valence-corrected chi connectivity index (χ1v) is 11.9. The van der Waals surface area contributed by atoms with Gasteiger partial charge in [-0.15, -0.1) is 0 Å². The van der Waals surface area contributed by atoms with Gasteiger partial charge in [-0.05, 0) is 34.9 Å². The number of hydrogen-bond donors (Lipinski definition) is 3. The predicted molar refractivity (Wildman–Crippen MR) is 147 cm³/mol. The molecule has 3 aromatic heterocycles. The Hall–Kier alpha value is -4.30. The van der Waals surface area contributed by atoms with Gasteiger partial charge in [0.15, 0.2) is 0 Å². The van der Waals surface area contributed by atoms with Crippen LogP contribution in [0.2, 0.25) is 0 Å². The smallest absolute Gasteiger partial charge is 0.871 e. The van der Waals surface area contributed by atoms with Gasteiger partial charge >= 0.3 is 17.4 Å². The zero-order valence-electron chi connectivity index (χ0n) is 21.3. The Kier molecular flexibility index (Phi) is 10.7. The van der Waals surface area contributed by atoms with Crippen molar-refractivity contribution in [3.05, 3.63) is 108 Å². The SMILES string of the molecule is [Al+3].[O-]c1ccc(CO)c2cccnc12.[O-]c1ccc(CO)c2cccnc12.[O-]c1ccc(CO)c2cccnc12. The van der Waals surface area contributed by atoms with Crippen LogP contribution in [0.25, 0.3) is 32.7 Å². The van der Waals surface area contributed by atoms with E-state index < -0.39 is 0 Å².